The number of aromatic carboxylic acids is 1. The van der Waals surface area contributed by atoms with Crippen LogP contribution in [0.15, 0.2) is 53.3 Å². The van der Waals surface area contributed by atoms with Crippen molar-refractivity contribution in [2.75, 3.05) is 0 Å². The van der Waals surface area contributed by atoms with E-state index in [9.17, 15) is 9.90 Å². The van der Waals surface area contributed by atoms with E-state index in [-0.39, 0.29) is 5.56 Å². The van der Waals surface area contributed by atoms with Crippen LogP contribution in [0.4, 0.5) is 0 Å². The lowest BCUT2D eigenvalue weighted by molar-refractivity contribution is 0.0698. The largest absolute Gasteiger partial charge is 0.478 e. The SMILES string of the molecule is O=C(O)c1cn(CC2CCC(c3ccccc3)CC2)c2cc(Br)cnc12. The van der Waals surface area contributed by atoms with Crippen LogP contribution < -0.4 is 0 Å². The Morgan fingerprint density at radius 3 is 2.62 bits per heavy atom. The van der Waals surface area contributed by atoms with Gasteiger partial charge in [0.1, 0.15) is 11.1 Å². The molecule has 4 rings (SSSR count). The van der Waals surface area contributed by atoms with Gasteiger partial charge in [0, 0.05) is 23.4 Å². The topological polar surface area (TPSA) is 55.1 Å². The molecule has 1 aliphatic rings. The highest BCUT2D eigenvalue weighted by Gasteiger charge is 2.24. The summed E-state index contributed by atoms with van der Waals surface area (Å²) < 4.78 is 2.94. The Hall–Kier alpha value is -2.14. The van der Waals surface area contributed by atoms with Crippen molar-refractivity contribution in [2.24, 2.45) is 5.92 Å². The predicted octanol–water partition coefficient (Wildman–Crippen LogP) is 5.47. The van der Waals surface area contributed by atoms with Gasteiger partial charge in [-0.3, -0.25) is 4.98 Å². The second-order valence-corrected chi connectivity index (χ2v) is 8.07. The summed E-state index contributed by atoms with van der Waals surface area (Å²) in [6, 6.07) is 12.7. The van der Waals surface area contributed by atoms with E-state index in [0.29, 0.717) is 17.4 Å². The second kappa shape index (κ2) is 7.23. The lowest BCUT2D eigenvalue weighted by Gasteiger charge is -2.29. The summed E-state index contributed by atoms with van der Waals surface area (Å²) in [5.41, 5.74) is 3.18. The van der Waals surface area contributed by atoms with E-state index < -0.39 is 5.97 Å². The third-order valence-electron chi connectivity index (χ3n) is 5.49. The minimum atomic E-state index is -0.920. The Balaban J connectivity index is 1.52. The summed E-state index contributed by atoms with van der Waals surface area (Å²) in [6.45, 7) is 0.851. The molecule has 0 aliphatic heterocycles. The summed E-state index contributed by atoms with van der Waals surface area (Å²) in [4.78, 5) is 15.9. The molecular formula is C21H21BrN2O2. The van der Waals surface area contributed by atoms with Gasteiger partial charge in [-0.05, 0) is 65.1 Å². The van der Waals surface area contributed by atoms with E-state index in [0.717, 1.165) is 16.5 Å². The molecular weight excluding hydrogens is 392 g/mol. The molecule has 0 bridgehead atoms. The average Bonchev–Trinajstić information content (AvgIpc) is 3.01. The van der Waals surface area contributed by atoms with Crippen LogP contribution >= 0.6 is 15.9 Å². The number of hydrogen-bond donors (Lipinski definition) is 1. The van der Waals surface area contributed by atoms with Crippen molar-refractivity contribution < 1.29 is 9.90 Å². The zero-order valence-electron chi connectivity index (χ0n) is 14.4. The summed E-state index contributed by atoms with van der Waals surface area (Å²) in [7, 11) is 0. The highest BCUT2D eigenvalue weighted by molar-refractivity contribution is 9.10. The number of aromatic nitrogens is 2. The normalized spacial score (nSPS) is 20.3. The average molecular weight is 413 g/mol. The number of hydrogen-bond acceptors (Lipinski definition) is 2. The number of fused-ring (bicyclic) bond motifs is 1. The molecule has 0 amide bonds. The van der Waals surface area contributed by atoms with Gasteiger partial charge in [0.05, 0.1) is 5.52 Å². The van der Waals surface area contributed by atoms with E-state index in [1.54, 1.807) is 12.4 Å². The van der Waals surface area contributed by atoms with E-state index >= 15 is 0 Å². The number of carboxylic acid groups (broad SMARTS) is 1. The second-order valence-electron chi connectivity index (χ2n) is 7.15. The molecule has 5 heteroatoms. The maximum absolute atomic E-state index is 11.5. The van der Waals surface area contributed by atoms with Crippen LogP contribution in [0.1, 0.15) is 47.5 Å². The summed E-state index contributed by atoms with van der Waals surface area (Å²) >= 11 is 3.45. The molecule has 26 heavy (non-hydrogen) atoms. The number of benzene rings is 1. The highest BCUT2D eigenvalue weighted by Crippen LogP contribution is 2.37. The summed E-state index contributed by atoms with van der Waals surface area (Å²) in [5.74, 6) is 0.307. The Morgan fingerprint density at radius 2 is 1.92 bits per heavy atom. The van der Waals surface area contributed by atoms with Crippen molar-refractivity contribution in [1.29, 1.82) is 0 Å². The zero-order chi connectivity index (χ0) is 18.1. The minimum absolute atomic E-state index is 0.283. The molecule has 4 nitrogen and oxygen atoms in total. The van der Waals surface area contributed by atoms with Crippen LogP contribution in [-0.2, 0) is 6.54 Å². The molecule has 0 spiro atoms. The van der Waals surface area contributed by atoms with Crippen molar-refractivity contribution in [1.82, 2.24) is 9.55 Å². The van der Waals surface area contributed by atoms with Crippen LogP contribution in [0.5, 0.6) is 0 Å². The zero-order valence-corrected chi connectivity index (χ0v) is 16.0. The Labute approximate surface area is 161 Å². The van der Waals surface area contributed by atoms with Crippen molar-refractivity contribution in [3.05, 3.63) is 64.4 Å². The Kier molecular flexibility index (Phi) is 4.81. The van der Waals surface area contributed by atoms with Gasteiger partial charge in [-0.25, -0.2) is 4.79 Å². The van der Waals surface area contributed by atoms with Crippen LogP contribution in [0.3, 0.4) is 0 Å². The first-order chi connectivity index (χ1) is 12.6. The molecule has 0 unspecified atom stereocenters. The van der Waals surface area contributed by atoms with Gasteiger partial charge in [0.2, 0.25) is 0 Å². The highest BCUT2D eigenvalue weighted by atomic mass is 79.9. The minimum Gasteiger partial charge on any atom is -0.478 e. The van der Waals surface area contributed by atoms with Gasteiger partial charge in [-0.1, -0.05) is 30.3 Å². The smallest absolute Gasteiger partial charge is 0.339 e. The monoisotopic (exact) mass is 412 g/mol. The first-order valence-electron chi connectivity index (χ1n) is 9.04. The lowest BCUT2D eigenvalue weighted by Crippen LogP contribution is -2.18. The molecule has 0 saturated heterocycles. The van der Waals surface area contributed by atoms with Crippen molar-refractivity contribution in [3.63, 3.8) is 0 Å². The number of pyridine rings is 1. The van der Waals surface area contributed by atoms with Crippen LogP contribution in [0, 0.1) is 5.92 Å². The maximum Gasteiger partial charge on any atom is 0.339 e. The number of rotatable bonds is 4. The van der Waals surface area contributed by atoms with E-state index in [1.165, 1.54) is 31.2 Å². The molecule has 3 aromatic rings. The molecule has 0 atom stereocenters. The van der Waals surface area contributed by atoms with Crippen LogP contribution in [0.25, 0.3) is 11.0 Å². The molecule has 134 valence electrons. The number of carbonyl (C=O) groups is 1. The number of nitrogens with zero attached hydrogens (tertiary/aromatic N) is 2. The van der Waals surface area contributed by atoms with Crippen LogP contribution in [0.2, 0.25) is 0 Å². The first-order valence-corrected chi connectivity index (χ1v) is 9.83. The quantitative estimate of drug-likeness (QED) is 0.617. The standard InChI is InChI=1S/C21H21BrN2O2/c22-17-10-19-20(23-11-17)18(21(25)26)13-24(19)12-14-6-8-16(9-7-14)15-4-2-1-3-5-15/h1-5,10-11,13-14,16H,6-9,12H2,(H,25,26). The van der Waals surface area contributed by atoms with Crippen molar-refractivity contribution in [2.45, 2.75) is 38.1 Å². The maximum atomic E-state index is 11.5. The first kappa shape index (κ1) is 17.3. The van der Waals surface area contributed by atoms with E-state index in [2.05, 4.69) is 55.8 Å². The van der Waals surface area contributed by atoms with Gasteiger partial charge >= 0.3 is 5.97 Å². The summed E-state index contributed by atoms with van der Waals surface area (Å²) in [6.07, 6.45) is 8.13. The molecule has 1 aromatic carbocycles. The number of carboxylic acids is 1. The Morgan fingerprint density at radius 1 is 1.19 bits per heavy atom. The predicted molar refractivity (Wildman–Crippen MR) is 106 cm³/mol. The third-order valence-corrected chi connectivity index (χ3v) is 5.92. The number of halogens is 1. The molecule has 1 aliphatic carbocycles. The fourth-order valence-corrected chi connectivity index (χ4v) is 4.45. The van der Waals surface area contributed by atoms with Gasteiger partial charge in [0.15, 0.2) is 0 Å². The molecule has 1 N–H and O–H groups in total. The van der Waals surface area contributed by atoms with Crippen molar-refractivity contribution in [3.8, 4) is 0 Å². The fraction of sp³-hybridized carbons (Fsp3) is 0.333. The van der Waals surface area contributed by atoms with Gasteiger partial charge in [-0.2, -0.15) is 0 Å². The Bertz CT molecular complexity index is 928. The molecule has 2 heterocycles. The van der Waals surface area contributed by atoms with E-state index in [4.69, 9.17) is 0 Å². The van der Waals surface area contributed by atoms with Crippen LogP contribution in [-0.4, -0.2) is 20.6 Å². The van der Waals surface area contributed by atoms with E-state index in [1.807, 2.05) is 6.07 Å². The summed E-state index contributed by atoms with van der Waals surface area (Å²) in [5, 5.41) is 9.47. The third kappa shape index (κ3) is 3.40. The molecule has 2 aromatic heterocycles. The van der Waals surface area contributed by atoms with Gasteiger partial charge < -0.3 is 9.67 Å². The van der Waals surface area contributed by atoms with Crippen molar-refractivity contribution >= 4 is 32.9 Å². The molecule has 0 radical (unpaired) electrons. The van der Waals surface area contributed by atoms with Gasteiger partial charge in [-0.15, -0.1) is 0 Å². The lowest BCUT2D eigenvalue weighted by atomic mass is 9.78. The fourth-order valence-electron chi connectivity index (χ4n) is 4.13. The van der Waals surface area contributed by atoms with Gasteiger partial charge in [0.25, 0.3) is 0 Å². The molecule has 1 fully saturated rings. The molecule has 1 saturated carbocycles.